The second-order valence-corrected chi connectivity index (χ2v) is 6.83. The molecule has 0 spiro atoms. The molecule has 0 aliphatic carbocycles. The summed E-state index contributed by atoms with van der Waals surface area (Å²) in [7, 11) is 0. The van der Waals surface area contributed by atoms with Gasteiger partial charge in [-0.2, -0.15) is 0 Å². The number of aryl methyl sites for hydroxylation is 2. The predicted molar refractivity (Wildman–Crippen MR) is 77.2 cm³/mol. The van der Waals surface area contributed by atoms with E-state index in [-0.39, 0.29) is 11.3 Å². The molecule has 1 amide bonds. The zero-order valence-corrected chi connectivity index (χ0v) is 12.4. The number of likely N-dealkylation sites (tertiary alicyclic amines) is 1. The number of nitrogens with one attached hydrogen (secondary N) is 1. The van der Waals surface area contributed by atoms with Crippen LogP contribution in [0.4, 0.5) is 0 Å². The topological polar surface area (TPSA) is 49.0 Å². The zero-order chi connectivity index (χ0) is 13.4. The van der Waals surface area contributed by atoms with Crippen molar-refractivity contribution in [2.24, 2.45) is 0 Å². The smallest absolute Gasteiger partial charge is 0.236 e. The Morgan fingerprint density at radius 1 is 1.37 bits per heavy atom. The largest absolute Gasteiger partial charge is 0.344 e. The number of imidazole rings is 1. The Balaban J connectivity index is 1.79. The highest BCUT2D eigenvalue weighted by molar-refractivity contribution is 8.00. The molecule has 0 bridgehead atoms. The number of aromatic nitrogens is 2. The normalized spacial score (nSPS) is 27.2. The molecule has 3 heterocycles. The minimum Gasteiger partial charge on any atom is -0.344 e. The highest BCUT2D eigenvalue weighted by Gasteiger charge is 2.36. The SMILES string of the molecule is Cc1nc(C2CCCN2C(=O)C2CCCS2)[nH]c1C. The van der Waals surface area contributed by atoms with Gasteiger partial charge in [0.2, 0.25) is 5.91 Å². The predicted octanol–water partition coefficient (Wildman–Crippen LogP) is 2.59. The summed E-state index contributed by atoms with van der Waals surface area (Å²) in [6.45, 7) is 4.95. The summed E-state index contributed by atoms with van der Waals surface area (Å²) in [5.41, 5.74) is 2.16. The molecule has 2 fully saturated rings. The zero-order valence-electron chi connectivity index (χ0n) is 11.6. The van der Waals surface area contributed by atoms with E-state index in [1.807, 2.05) is 25.6 Å². The molecular weight excluding hydrogens is 258 g/mol. The quantitative estimate of drug-likeness (QED) is 0.905. The molecule has 5 heteroatoms. The molecule has 2 aliphatic heterocycles. The first kappa shape index (κ1) is 13.0. The minimum atomic E-state index is 0.168. The highest BCUT2D eigenvalue weighted by Crippen LogP contribution is 2.35. The third-order valence-corrected chi connectivity index (χ3v) is 5.57. The van der Waals surface area contributed by atoms with Crippen LogP contribution in [0.25, 0.3) is 0 Å². The van der Waals surface area contributed by atoms with Crippen LogP contribution in [0.3, 0.4) is 0 Å². The molecule has 2 unspecified atom stereocenters. The first-order chi connectivity index (χ1) is 9.16. The monoisotopic (exact) mass is 279 g/mol. The van der Waals surface area contributed by atoms with Crippen LogP contribution in [-0.4, -0.2) is 38.3 Å². The Hall–Kier alpha value is -0.970. The van der Waals surface area contributed by atoms with Crippen molar-refractivity contribution < 1.29 is 4.79 Å². The van der Waals surface area contributed by atoms with Crippen molar-refractivity contribution in [3.8, 4) is 0 Å². The number of carbonyl (C=O) groups is 1. The molecule has 1 N–H and O–H groups in total. The van der Waals surface area contributed by atoms with Gasteiger partial charge in [0.15, 0.2) is 0 Å². The number of thioether (sulfide) groups is 1. The molecule has 0 saturated carbocycles. The van der Waals surface area contributed by atoms with Crippen LogP contribution in [0.15, 0.2) is 0 Å². The van der Waals surface area contributed by atoms with Gasteiger partial charge in [0, 0.05) is 12.2 Å². The average Bonchev–Trinajstić information content (AvgIpc) is 3.10. The lowest BCUT2D eigenvalue weighted by Crippen LogP contribution is -2.36. The Bertz CT molecular complexity index is 460. The van der Waals surface area contributed by atoms with E-state index in [4.69, 9.17) is 0 Å². The fourth-order valence-corrected chi connectivity index (χ4v) is 4.23. The molecule has 4 nitrogen and oxygen atoms in total. The highest BCUT2D eigenvalue weighted by atomic mass is 32.2. The maximum absolute atomic E-state index is 12.6. The van der Waals surface area contributed by atoms with E-state index >= 15 is 0 Å². The van der Waals surface area contributed by atoms with Gasteiger partial charge < -0.3 is 9.88 Å². The molecule has 1 aromatic heterocycles. The third kappa shape index (κ3) is 2.40. The van der Waals surface area contributed by atoms with Crippen molar-refractivity contribution in [1.29, 1.82) is 0 Å². The number of aromatic amines is 1. The molecule has 2 saturated heterocycles. The summed E-state index contributed by atoms with van der Waals surface area (Å²) >= 11 is 1.82. The fraction of sp³-hybridized carbons (Fsp3) is 0.714. The van der Waals surface area contributed by atoms with Crippen molar-refractivity contribution >= 4 is 17.7 Å². The number of hydrogen-bond donors (Lipinski definition) is 1. The van der Waals surface area contributed by atoms with Crippen molar-refractivity contribution in [2.45, 2.75) is 50.8 Å². The van der Waals surface area contributed by atoms with Crippen LogP contribution in [0.1, 0.15) is 48.9 Å². The van der Waals surface area contributed by atoms with Gasteiger partial charge in [-0.25, -0.2) is 4.98 Å². The molecule has 0 aromatic carbocycles. The van der Waals surface area contributed by atoms with Crippen LogP contribution >= 0.6 is 11.8 Å². The van der Waals surface area contributed by atoms with E-state index in [0.29, 0.717) is 5.91 Å². The summed E-state index contributed by atoms with van der Waals surface area (Å²) in [6, 6.07) is 0.168. The Morgan fingerprint density at radius 2 is 2.21 bits per heavy atom. The Morgan fingerprint density at radius 3 is 2.84 bits per heavy atom. The van der Waals surface area contributed by atoms with E-state index in [1.165, 1.54) is 6.42 Å². The number of carbonyl (C=O) groups excluding carboxylic acids is 1. The van der Waals surface area contributed by atoms with Crippen LogP contribution in [0.2, 0.25) is 0 Å². The van der Waals surface area contributed by atoms with Crippen molar-refractivity contribution in [3.05, 3.63) is 17.2 Å². The van der Waals surface area contributed by atoms with E-state index in [9.17, 15) is 4.79 Å². The van der Waals surface area contributed by atoms with Gasteiger partial charge in [-0.05, 0) is 45.3 Å². The van der Waals surface area contributed by atoms with Gasteiger partial charge in [0.05, 0.1) is 17.0 Å². The van der Waals surface area contributed by atoms with Crippen molar-refractivity contribution in [1.82, 2.24) is 14.9 Å². The number of H-pyrrole nitrogens is 1. The van der Waals surface area contributed by atoms with Crippen molar-refractivity contribution in [2.75, 3.05) is 12.3 Å². The van der Waals surface area contributed by atoms with Crippen molar-refractivity contribution in [3.63, 3.8) is 0 Å². The van der Waals surface area contributed by atoms with Crippen LogP contribution < -0.4 is 0 Å². The summed E-state index contributed by atoms with van der Waals surface area (Å²) in [4.78, 5) is 22.6. The maximum atomic E-state index is 12.6. The van der Waals surface area contributed by atoms with Gasteiger partial charge in [0.25, 0.3) is 0 Å². The lowest BCUT2D eigenvalue weighted by Gasteiger charge is -2.25. The third-order valence-electron chi connectivity index (χ3n) is 4.20. The molecule has 1 aromatic rings. The standard InChI is InChI=1S/C14H21N3OS/c1-9-10(2)16-13(15-9)11-5-3-7-17(11)14(18)12-6-4-8-19-12/h11-12H,3-8H2,1-2H3,(H,15,16). The van der Waals surface area contributed by atoms with Gasteiger partial charge in [0.1, 0.15) is 5.82 Å². The van der Waals surface area contributed by atoms with Gasteiger partial charge in [-0.1, -0.05) is 0 Å². The molecule has 2 atom stereocenters. The second kappa shape index (κ2) is 5.19. The van der Waals surface area contributed by atoms with E-state index < -0.39 is 0 Å². The van der Waals surface area contributed by atoms with Gasteiger partial charge in [-0.15, -0.1) is 11.8 Å². The first-order valence-corrected chi connectivity index (χ1v) is 8.17. The Labute approximate surface area is 118 Å². The molecule has 19 heavy (non-hydrogen) atoms. The first-order valence-electron chi connectivity index (χ1n) is 7.12. The van der Waals surface area contributed by atoms with Gasteiger partial charge >= 0.3 is 0 Å². The molecule has 0 radical (unpaired) electrons. The molecule has 2 aliphatic rings. The maximum Gasteiger partial charge on any atom is 0.236 e. The number of rotatable bonds is 2. The Kier molecular flexibility index (Phi) is 3.56. The van der Waals surface area contributed by atoms with Crippen LogP contribution in [-0.2, 0) is 4.79 Å². The lowest BCUT2D eigenvalue weighted by molar-refractivity contribution is -0.131. The van der Waals surface area contributed by atoms with Gasteiger partial charge in [-0.3, -0.25) is 4.79 Å². The summed E-state index contributed by atoms with van der Waals surface area (Å²) in [6.07, 6.45) is 4.35. The summed E-state index contributed by atoms with van der Waals surface area (Å²) in [5, 5.41) is 0.192. The lowest BCUT2D eigenvalue weighted by atomic mass is 10.2. The summed E-state index contributed by atoms with van der Waals surface area (Å²) in [5.74, 6) is 2.44. The second-order valence-electron chi connectivity index (χ2n) is 5.52. The molecular formula is C14H21N3OS. The average molecular weight is 279 g/mol. The molecule has 3 rings (SSSR count). The number of nitrogens with zero attached hydrogens (tertiary/aromatic N) is 2. The van der Waals surface area contributed by atoms with Crippen LogP contribution in [0.5, 0.6) is 0 Å². The van der Waals surface area contributed by atoms with E-state index in [2.05, 4.69) is 14.9 Å². The molecule has 104 valence electrons. The summed E-state index contributed by atoms with van der Waals surface area (Å²) < 4.78 is 0. The number of hydrogen-bond acceptors (Lipinski definition) is 3. The van der Waals surface area contributed by atoms with E-state index in [0.717, 1.165) is 48.8 Å². The van der Waals surface area contributed by atoms with Crippen LogP contribution in [0, 0.1) is 13.8 Å². The van der Waals surface area contributed by atoms with E-state index in [1.54, 1.807) is 0 Å². The number of amides is 1. The fourth-order valence-electron chi connectivity index (χ4n) is 3.00. The minimum absolute atomic E-state index is 0.168.